The van der Waals surface area contributed by atoms with Crippen LogP contribution in [0.4, 0.5) is 0 Å². The molecule has 3 nitrogen and oxygen atoms in total. The van der Waals surface area contributed by atoms with Gasteiger partial charge >= 0.3 is 5.97 Å². The highest BCUT2D eigenvalue weighted by Gasteiger charge is 2.57. The fraction of sp³-hybridized carbons (Fsp3) is 0.462. The molecule has 1 aromatic carbocycles. The molecule has 3 rings (SSSR count). The van der Waals surface area contributed by atoms with Gasteiger partial charge in [0.05, 0.1) is 5.92 Å². The molecule has 0 radical (unpaired) electrons. The molecule has 1 aliphatic carbocycles. The molecule has 1 aliphatic heterocycles. The fourth-order valence-corrected chi connectivity index (χ4v) is 2.59. The van der Waals surface area contributed by atoms with E-state index >= 15 is 0 Å². The smallest absolute Gasteiger partial charge is 0.309 e. The summed E-state index contributed by atoms with van der Waals surface area (Å²) in [5, 5.41) is 3.27. The Balaban J connectivity index is 1.51. The standard InChI is InChI=1S/C13H15NO2/c15-13(12-10-6-14-7-11(10)12)16-8-9-4-2-1-3-5-9/h1-5,10-12,14H,6-8H2/t10-,11+,12?. The molecule has 0 spiro atoms. The Morgan fingerprint density at radius 1 is 1.25 bits per heavy atom. The SMILES string of the molecule is O=C(OCc1ccccc1)C1[C@H]2CNC[C@@H]12. The molecule has 0 amide bonds. The van der Waals surface area contributed by atoms with E-state index in [2.05, 4.69) is 5.32 Å². The van der Waals surface area contributed by atoms with E-state index in [1.54, 1.807) is 0 Å². The van der Waals surface area contributed by atoms with Crippen molar-refractivity contribution in [1.82, 2.24) is 5.32 Å². The average Bonchev–Trinajstić information content (AvgIpc) is 2.81. The number of hydrogen-bond acceptors (Lipinski definition) is 3. The lowest BCUT2D eigenvalue weighted by atomic mass is 10.2. The van der Waals surface area contributed by atoms with Crippen LogP contribution in [-0.2, 0) is 16.1 Å². The first kappa shape index (κ1) is 9.85. The first-order valence-electron chi connectivity index (χ1n) is 5.77. The van der Waals surface area contributed by atoms with Crippen molar-refractivity contribution in [1.29, 1.82) is 0 Å². The van der Waals surface area contributed by atoms with Crippen LogP contribution in [0.15, 0.2) is 30.3 Å². The van der Waals surface area contributed by atoms with Gasteiger partial charge in [0, 0.05) is 0 Å². The van der Waals surface area contributed by atoms with Gasteiger partial charge in [-0.15, -0.1) is 0 Å². The lowest BCUT2D eigenvalue weighted by molar-refractivity contribution is -0.147. The Hall–Kier alpha value is -1.35. The highest BCUT2D eigenvalue weighted by Crippen LogP contribution is 2.49. The van der Waals surface area contributed by atoms with E-state index in [9.17, 15) is 4.79 Å². The first-order chi connectivity index (χ1) is 7.86. The maximum atomic E-state index is 11.7. The van der Waals surface area contributed by atoms with Gasteiger partial charge in [-0.05, 0) is 30.5 Å². The summed E-state index contributed by atoms with van der Waals surface area (Å²) in [6.07, 6.45) is 0. The van der Waals surface area contributed by atoms with Crippen molar-refractivity contribution in [3.8, 4) is 0 Å². The highest BCUT2D eigenvalue weighted by molar-refractivity contribution is 5.77. The van der Waals surface area contributed by atoms with Gasteiger partial charge < -0.3 is 10.1 Å². The summed E-state index contributed by atoms with van der Waals surface area (Å²) in [5.74, 6) is 1.25. The Kier molecular flexibility index (Phi) is 2.40. The van der Waals surface area contributed by atoms with E-state index in [-0.39, 0.29) is 11.9 Å². The van der Waals surface area contributed by atoms with E-state index < -0.39 is 0 Å². The number of piperidine rings is 1. The Morgan fingerprint density at radius 3 is 2.62 bits per heavy atom. The molecule has 2 aliphatic rings. The van der Waals surface area contributed by atoms with E-state index in [4.69, 9.17) is 4.74 Å². The molecule has 0 bridgehead atoms. The lowest BCUT2D eigenvalue weighted by Gasteiger charge is -2.06. The third-order valence-corrected chi connectivity index (χ3v) is 3.59. The predicted molar refractivity (Wildman–Crippen MR) is 59.6 cm³/mol. The zero-order chi connectivity index (χ0) is 11.0. The van der Waals surface area contributed by atoms with Gasteiger partial charge in [-0.3, -0.25) is 4.79 Å². The van der Waals surface area contributed by atoms with Crippen molar-refractivity contribution in [2.75, 3.05) is 13.1 Å². The minimum absolute atomic E-state index is 0.0136. The number of hydrogen-bond donors (Lipinski definition) is 1. The van der Waals surface area contributed by atoms with E-state index in [0.29, 0.717) is 18.4 Å². The van der Waals surface area contributed by atoms with Gasteiger partial charge in [-0.2, -0.15) is 0 Å². The summed E-state index contributed by atoms with van der Waals surface area (Å²) in [5.41, 5.74) is 1.06. The van der Waals surface area contributed by atoms with Gasteiger partial charge in [0.25, 0.3) is 0 Å². The van der Waals surface area contributed by atoms with Crippen LogP contribution in [-0.4, -0.2) is 19.1 Å². The normalized spacial score (nSPS) is 30.9. The second-order valence-electron chi connectivity index (χ2n) is 4.61. The molecule has 1 aromatic rings. The van der Waals surface area contributed by atoms with E-state index in [1.165, 1.54) is 0 Å². The molecule has 1 unspecified atom stereocenters. The van der Waals surface area contributed by atoms with Crippen LogP contribution in [0.1, 0.15) is 5.56 Å². The molecule has 1 N–H and O–H groups in total. The van der Waals surface area contributed by atoms with Crippen molar-refractivity contribution in [3.05, 3.63) is 35.9 Å². The van der Waals surface area contributed by atoms with Crippen LogP contribution >= 0.6 is 0 Å². The van der Waals surface area contributed by atoms with Gasteiger partial charge in [0.2, 0.25) is 0 Å². The van der Waals surface area contributed by atoms with Crippen molar-refractivity contribution in [2.24, 2.45) is 17.8 Å². The Bertz CT molecular complexity index is 380. The third kappa shape index (κ3) is 1.71. The second-order valence-corrected chi connectivity index (χ2v) is 4.61. The minimum atomic E-state index is -0.0136. The van der Waals surface area contributed by atoms with Crippen LogP contribution in [0.3, 0.4) is 0 Å². The quantitative estimate of drug-likeness (QED) is 0.773. The zero-order valence-corrected chi connectivity index (χ0v) is 9.06. The summed E-state index contributed by atoms with van der Waals surface area (Å²) in [6, 6.07) is 9.82. The summed E-state index contributed by atoms with van der Waals surface area (Å²) in [7, 11) is 0. The first-order valence-corrected chi connectivity index (χ1v) is 5.77. The number of carbonyl (C=O) groups excluding carboxylic acids is 1. The van der Waals surface area contributed by atoms with Crippen LogP contribution in [0.5, 0.6) is 0 Å². The number of fused-ring (bicyclic) bond motifs is 1. The van der Waals surface area contributed by atoms with Gasteiger partial charge in [0.15, 0.2) is 0 Å². The molecule has 0 aromatic heterocycles. The van der Waals surface area contributed by atoms with Crippen LogP contribution < -0.4 is 5.32 Å². The van der Waals surface area contributed by atoms with Crippen molar-refractivity contribution < 1.29 is 9.53 Å². The van der Waals surface area contributed by atoms with Crippen molar-refractivity contribution in [3.63, 3.8) is 0 Å². The number of carbonyl (C=O) groups is 1. The van der Waals surface area contributed by atoms with Crippen LogP contribution in [0.25, 0.3) is 0 Å². The maximum absolute atomic E-state index is 11.7. The minimum Gasteiger partial charge on any atom is -0.461 e. The number of nitrogens with one attached hydrogen (secondary N) is 1. The summed E-state index contributed by atoms with van der Waals surface area (Å²) >= 11 is 0. The van der Waals surface area contributed by atoms with Gasteiger partial charge in [-0.1, -0.05) is 30.3 Å². The van der Waals surface area contributed by atoms with E-state index in [0.717, 1.165) is 18.7 Å². The lowest BCUT2D eigenvalue weighted by Crippen LogP contribution is -2.20. The van der Waals surface area contributed by atoms with Gasteiger partial charge in [0.1, 0.15) is 6.61 Å². The molecule has 84 valence electrons. The molecule has 1 saturated heterocycles. The fourth-order valence-electron chi connectivity index (χ4n) is 2.59. The number of esters is 1. The monoisotopic (exact) mass is 217 g/mol. The maximum Gasteiger partial charge on any atom is 0.309 e. The molecule has 1 heterocycles. The average molecular weight is 217 g/mol. The predicted octanol–water partition coefficient (Wildman–Crippen LogP) is 1.20. The molecule has 2 fully saturated rings. The molecule has 16 heavy (non-hydrogen) atoms. The highest BCUT2D eigenvalue weighted by atomic mass is 16.5. The van der Waals surface area contributed by atoms with Crippen molar-refractivity contribution in [2.45, 2.75) is 6.61 Å². The number of benzene rings is 1. The molecule has 1 saturated carbocycles. The summed E-state index contributed by atoms with van der Waals surface area (Å²) in [4.78, 5) is 11.7. The molecule has 3 atom stereocenters. The Morgan fingerprint density at radius 2 is 1.94 bits per heavy atom. The van der Waals surface area contributed by atoms with E-state index in [1.807, 2.05) is 30.3 Å². The van der Waals surface area contributed by atoms with Crippen molar-refractivity contribution >= 4 is 5.97 Å². The number of ether oxygens (including phenoxy) is 1. The molecular formula is C13H15NO2. The second kappa shape index (κ2) is 3.91. The topological polar surface area (TPSA) is 38.3 Å². The zero-order valence-electron chi connectivity index (χ0n) is 9.06. The van der Waals surface area contributed by atoms with Gasteiger partial charge in [-0.25, -0.2) is 0 Å². The van der Waals surface area contributed by atoms with Crippen LogP contribution in [0, 0.1) is 17.8 Å². The molecule has 3 heteroatoms. The molecular weight excluding hydrogens is 202 g/mol. The third-order valence-electron chi connectivity index (χ3n) is 3.59. The summed E-state index contributed by atoms with van der Waals surface area (Å²) in [6.45, 7) is 2.37. The van der Waals surface area contributed by atoms with Crippen LogP contribution in [0.2, 0.25) is 0 Å². The summed E-state index contributed by atoms with van der Waals surface area (Å²) < 4.78 is 5.32. The Labute approximate surface area is 94.8 Å². The number of rotatable bonds is 3. The largest absolute Gasteiger partial charge is 0.461 e.